The number of nitrogens with one attached hydrogen (secondary N) is 1. The summed E-state index contributed by atoms with van der Waals surface area (Å²) < 4.78 is 1.97. The summed E-state index contributed by atoms with van der Waals surface area (Å²) >= 11 is 0. The van der Waals surface area contributed by atoms with Crippen LogP contribution in [0, 0.1) is 0 Å². The summed E-state index contributed by atoms with van der Waals surface area (Å²) in [5, 5.41) is 7.92. The van der Waals surface area contributed by atoms with Gasteiger partial charge in [0.1, 0.15) is 0 Å². The van der Waals surface area contributed by atoms with Crippen LogP contribution in [0.5, 0.6) is 0 Å². The Kier molecular flexibility index (Phi) is 6.00. The van der Waals surface area contributed by atoms with Crippen molar-refractivity contribution in [3.63, 3.8) is 0 Å². The number of hydrogen-bond acceptors (Lipinski definition) is 2. The molecule has 0 radical (unpaired) electrons. The Balaban J connectivity index is 2.04. The second kappa shape index (κ2) is 7.99. The maximum atomic E-state index is 4.25. The van der Waals surface area contributed by atoms with Crippen LogP contribution in [-0.4, -0.2) is 16.3 Å². The Hall–Kier alpha value is -1.61. The van der Waals surface area contributed by atoms with Crippen LogP contribution in [0.15, 0.2) is 36.5 Å². The number of benzene rings is 1. The molecule has 1 aromatic carbocycles. The van der Waals surface area contributed by atoms with E-state index in [4.69, 9.17) is 0 Å². The zero-order chi connectivity index (χ0) is 15.1. The molecule has 1 heterocycles. The van der Waals surface area contributed by atoms with Gasteiger partial charge in [0.2, 0.25) is 0 Å². The van der Waals surface area contributed by atoms with E-state index in [0.29, 0.717) is 6.04 Å². The van der Waals surface area contributed by atoms with E-state index in [9.17, 15) is 0 Å². The molecule has 3 heteroatoms. The van der Waals surface area contributed by atoms with Crippen molar-refractivity contribution in [1.29, 1.82) is 0 Å². The van der Waals surface area contributed by atoms with Crippen molar-refractivity contribution in [1.82, 2.24) is 15.1 Å². The van der Waals surface area contributed by atoms with Gasteiger partial charge in [0.15, 0.2) is 0 Å². The van der Waals surface area contributed by atoms with Gasteiger partial charge in [0.05, 0.1) is 0 Å². The van der Waals surface area contributed by atoms with Gasteiger partial charge in [-0.25, -0.2) is 0 Å². The molecule has 1 N–H and O–H groups in total. The van der Waals surface area contributed by atoms with E-state index < -0.39 is 0 Å². The maximum Gasteiger partial charge on any atom is 0.0492 e. The van der Waals surface area contributed by atoms with Gasteiger partial charge in [0, 0.05) is 25.0 Å². The van der Waals surface area contributed by atoms with Crippen molar-refractivity contribution in [2.24, 2.45) is 7.05 Å². The molecule has 114 valence electrons. The molecule has 2 aromatic rings. The average molecular weight is 285 g/mol. The minimum atomic E-state index is 0.422. The first kappa shape index (κ1) is 15.8. The van der Waals surface area contributed by atoms with Crippen molar-refractivity contribution in [3.8, 4) is 0 Å². The van der Waals surface area contributed by atoms with E-state index in [0.717, 1.165) is 32.2 Å². The van der Waals surface area contributed by atoms with Crippen LogP contribution in [0.3, 0.4) is 0 Å². The summed E-state index contributed by atoms with van der Waals surface area (Å²) in [4.78, 5) is 0. The predicted molar refractivity (Wildman–Crippen MR) is 88.4 cm³/mol. The van der Waals surface area contributed by atoms with Gasteiger partial charge in [-0.15, -0.1) is 0 Å². The fourth-order valence-electron chi connectivity index (χ4n) is 2.63. The number of nitrogens with zero attached hydrogens (tertiary/aromatic N) is 2. The molecule has 0 saturated carbocycles. The average Bonchev–Trinajstić information content (AvgIpc) is 2.93. The Morgan fingerprint density at radius 1 is 1.14 bits per heavy atom. The van der Waals surface area contributed by atoms with E-state index >= 15 is 0 Å². The van der Waals surface area contributed by atoms with Crippen LogP contribution in [0.1, 0.15) is 49.6 Å². The smallest absolute Gasteiger partial charge is 0.0492 e. The van der Waals surface area contributed by atoms with Crippen molar-refractivity contribution in [2.75, 3.05) is 6.54 Å². The molecule has 0 amide bonds. The third-order valence-corrected chi connectivity index (χ3v) is 4.04. The molecule has 2 rings (SSSR count). The van der Waals surface area contributed by atoms with Crippen molar-refractivity contribution < 1.29 is 0 Å². The summed E-state index contributed by atoms with van der Waals surface area (Å²) in [5.41, 5.74) is 4.09. The molecule has 1 unspecified atom stereocenters. The second-order valence-electron chi connectivity index (χ2n) is 5.59. The van der Waals surface area contributed by atoms with Gasteiger partial charge in [-0.3, -0.25) is 4.68 Å². The highest BCUT2D eigenvalue weighted by Crippen LogP contribution is 2.20. The molecule has 0 bridgehead atoms. The lowest BCUT2D eigenvalue weighted by atomic mass is 9.99. The van der Waals surface area contributed by atoms with Gasteiger partial charge in [-0.1, -0.05) is 38.1 Å². The summed E-state index contributed by atoms with van der Waals surface area (Å²) in [6.07, 6.45) is 6.29. The van der Waals surface area contributed by atoms with E-state index in [1.165, 1.54) is 16.8 Å². The van der Waals surface area contributed by atoms with Crippen LogP contribution in [0.2, 0.25) is 0 Å². The second-order valence-corrected chi connectivity index (χ2v) is 5.59. The molecular weight excluding hydrogens is 258 g/mol. The number of rotatable bonds is 8. The van der Waals surface area contributed by atoms with Crippen LogP contribution < -0.4 is 5.32 Å². The van der Waals surface area contributed by atoms with Crippen LogP contribution in [0.25, 0.3) is 0 Å². The standard InChI is InChI=1S/C18H27N3/c1-4-13-19-18(11-10-17-12-14-20-21(17)3)16-8-6-15(5-2)7-9-16/h6-9,12,14,18-19H,4-5,10-11,13H2,1-3H3. The number of aromatic nitrogens is 2. The third-order valence-electron chi connectivity index (χ3n) is 4.04. The van der Waals surface area contributed by atoms with Gasteiger partial charge in [-0.05, 0) is 49.4 Å². The van der Waals surface area contributed by atoms with Gasteiger partial charge in [-0.2, -0.15) is 5.10 Å². The van der Waals surface area contributed by atoms with E-state index in [-0.39, 0.29) is 0 Å². The van der Waals surface area contributed by atoms with Crippen molar-refractivity contribution in [2.45, 2.75) is 45.6 Å². The molecular formula is C18H27N3. The summed E-state index contributed by atoms with van der Waals surface area (Å²) in [6, 6.07) is 11.6. The molecule has 21 heavy (non-hydrogen) atoms. The highest BCUT2D eigenvalue weighted by Gasteiger charge is 2.11. The molecule has 0 aliphatic rings. The molecule has 0 spiro atoms. The largest absolute Gasteiger partial charge is 0.310 e. The predicted octanol–water partition coefficient (Wildman–Crippen LogP) is 3.66. The molecule has 0 aliphatic heterocycles. The van der Waals surface area contributed by atoms with Gasteiger partial charge >= 0.3 is 0 Å². The highest BCUT2D eigenvalue weighted by molar-refractivity contribution is 5.25. The van der Waals surface area contributed by atoms with Gasteiger partial charge < -0.3 is 5.32 Å². The lowest BCUT2D eigenvalue weighted by Crippen LogP contribution is -2.23. The minimum Gasteiger partial charge on any atom is -0.310 e. The van der Waals surface area contributed by atoms with Crippen LogP contribution in [-0.2, 0) is 19.9 Å². The molecule has 0 saturated heterocycles. The maximum absolute atomic E-state index is 4.25. The molecule has 0 fully saturated rings. The van der Waals surface area contributed by atoms with E-state index in [1.807, 2.05) is 17.9 Å². The van der Waals surface area contributed by atoms with Crippen molar-refractivity contribution in [3.05, 3.63) is 53.3 Å². The molecule has 1 atom stereocenters. The van der Waals surface area contributed by atoms with Crippen LogP contribution >= 0.6 is 0 Å². The van der Waals surface area contributed by atoms with Crippen molar-refractivity contribution >= 4 is 0 Å². The summed E-state index contributed by atoms with van der Waals surface area (Å²) in [5.74, 6) is 0. The zero-order valence-electron chi connectivity index (χ0n) is 13.5. The third kappa shape index (κ3) is 4.43. The van der Waals surface area contributed by atoms with E-state index in [2.05, 4.69) is 54.6 Å². The summed E-state index contributed by atoms with van der Waals surface area (Å²) in [7, 11) is 2.01. The van der Waals surface area contributed by atoms with E-state index in [1.54, 1.807) is 0 Å². The molecule has 3 nitrogen and oxygen atoms in total. The Bertz CT molecular complexity index is 528. The Labute approximate surface area is 128 Å². The first-order valence-corrected chi connectivity index (χ1v) is 8.03. The number of aryl methyl sites for hydroxylation is 3. The quantitative estimate of drug-likeness (QED) is 0.802. The lowest BCUT2D eigenvalue weighted by molar-refractivity contribution is 0.491. The topological polar surface area (TPSA) is 29.9 Å². The Morgan fingerprint density at radius 3 is 2.48 bits per heavy atom. The monoisotopic (exact) mass is 285 g/mol. The minimum absolute atomic E-state index is 0.422. The first-order chi connectivity index (χ1) is 10.2. The normalized spacial score (nSPS) is 12.5. The molecule has 1 aromatic heterocycles. The fraction of sp³-hybridized carbons (Fsp3) is 0.500. The molecule has 0 aliphatic carbocycles. The SMILES string of the molecule is CCCNC(CCc1ccnn1C)c1ccc(CC)cc1. The summed E-state index contributed by atoms with van der Waals surface area (Å²) in [6.45, 7) is 5.47. The fourth-order valence-corrected chi connectivity index (χ4v) is 2.63. The lowest BCUT2D eigenvalue weighted by Gasteiger charge is -2.19. The van der Waals surface area contributed by atoms with Gasteiger partial charge in [0.25, 0.3) is 0 Å². The van der Waals surface area contributed by atoms with Crippen LogP contribution in [0.4, 0.5) is 0 Å². The highest BCUT2D eigenvalue weighted by atomic mass is 15.2. The first-order valence-electron chi connectivity index (χ1n) is 8.03. The zero-order valence-corrected chi connectivity index (χ0v) is 13.5. The Morgan fingerprint density at radius 2 is 1.90 bits per heavy atom. The number of hydrogen-bond donors (Lipinski definition) is 1.